The van der Waals surface area contributed by atoms with E-state index in [9.17, 15) is 9.59 Å². The van der Waals surface area contributed by atoms with Gasteiger partial charge in [0.2, 0.25) is 4.96 Å². The van der Waals surface area contributed by atoms with Crippen LogP contribution in [0.5, 0.6) is 0 Å². The topological polar surface area (TPSA) is 67.2 Å². The third-order valence-electron chi connectivity index (χ3n) is 1.31. The molecule has 0 saturated carbocycles. The maximum Gasteiger partial charge on any atom is 0.349 e. The number of hydrogen-bond donors (Lipinski definition) is 1. The Morgan fingerprint density at radius 3 is 3.27 bits per heavy atom. The van der Waals surface area contributed by atoms with Crippen molar-refractivity contribution in [3.8, 4) is 0 Å². The summed E-state index contributed by atoms with van der Waals surface area (Å²) >= 11 is 1.25. The fraction of sp³-hybridized carbons (Fsp3) is 0. The van der Waals surface area contributed by atoms with E-state index in [1.54, 1.807) is 5.38 Å². The van der Waals surface area contributed by atoms with Crippen LogP contribution in [0.2, 0.25) is 0 Å². The minimum absolute atomic E-state index is 0.337. The molecule has 6 heteroatoms. The molecule has 5 nitrogen and oxygen atoms in total. The lowest BCUT2D eigenvalue weighted by molar-refractivity contribution is 0.111. The Balaban J connectivity index is 3.02. The number of aldehydes is 1. The van der Waals surface area contributed by atoms with E-state index in [-0.39, 0.29) is 5.69 Å². The fourth-order valence-electron chi connectivity index (χ4n) is 0.836. The van der Waals surface area contributed by atoms with Crippen LogP contribution in [-0.4, -0.2) is 20.9 Å². The van der Waals surface area contributed by atoms with Gasteiger partial charge in [-0.1, -0.05) is 0 Å². The van der Waals surface area contributed by atoms with Gasteiger partial charge in [0.1, 0.15) is 5.69 Å². The maximum atomic E-state index is 10.9. The lowest BCUT2D eigenvalue weighted by Crippen LogP contribution is -2.10. The van der Waals surface area contributed by atoms with Crippen molar-refractivity contribution < 1.29 is 4.79 Å². The number of thiazole rings is 1. The predicted octanol–water partition coefficient (Wildman–Crippen LogP) is -0.103. The van der Waals surface area contributed by atoms with Gasteiger partial charge in [-0.25, -0.2) is 14.3 Å². The Morgan fingerprint density at radius 1 is 1.73 bits per heavy atom. The largest absolute Gasteiger partial charge is 0.349 e. The number of carbonyl (C=O) groups is 1. The van der Waals surface area contributed by atoms with Gasteiger partial charge < -0.3 is 0 Å². The summed E-state index contributed by atoms with van der Waals surface area (Å²) in [6.45, 7) is 0. The molecule has 0 aromatic carbocycles. The Bertz CT molecular complexity index is 451. The van der Waals surface area contributed by atoms with Crippen molar-refractivity contribution in [2.24, 2.45) is 0 Å². The summed E-state index contributed by atoms with van der Waals surface area (Å²) in [4.78, 5) is 21.8. The van der Waals surface area contributed by atoms with E-state index in [2.05, 4.69) is 10.2 Å². The highest BCUT2D eigenvalue weighted by Crippen LogP contribution is 2.08. The fourth-order valence-corrected chi connectivity index (χ4v) is 1.61. The average Bonchev–Trinajstić information content (AvgIpc) is 2.54. The van der Waals surface area contributed by atoms with Gasteiger partial charge in [-0.15, -0.1) is 16.4 Å². The average molecular weight is 169 g/mol. The molecule has 1 N–H and O–H groups in total. The Morgan fingerprint density at radius 2 is 2.55 bits per heavy atom. The monoisotopic (exact) mass is 169 g/mol. The van der Waals surface area contributed by atoms with E-state index < -0.39 is 0 Å². The Hall–Kier alpha value is -1.43. The quantitative estimate of drug-likeness (QED) is 0.606. The van der Waals surface area contributed by atoms with Gasteiger partial charge in [0, 0.05) is 5.38 Å². The summed E-state index contributed by atoms with van der Waals surface area (Å²) in [6, 6.07) is 0. The normalized spacial score (nSPS) is 10.5. The number of aromatic amines is 1. The van der Waals surface area contributed by atoms with Gasteiger partial charge in [0.05, 0.1) is 0 Å². The van der Waals surface area contributed by atoms with Crippen LogP contribution in [0.4, 0.5) is 0 Å². The van der Waals surface area contributed by atoms with E-state index in [0.29, 0.717) is 16.9 Å². The molecule has 0 atom stereocenters. The standard InChI is InChI=1S/C5H3N3O2S/c9-1-3-2-11-5-7-6-4(10)8(3)5/h1-2H,(H,6,10). The minimum Gasteiger partial charge on any atom is -0.296 e. The Kier molecular flexibility index (Phi) is 1.16. The second-order valence-corrected chi connectivity index (χ2v) is 2.76. The number of hydrogen-bond acceptors (Lipinski definition) is 4. The highest BCUT2D eigenvalue weighted by molar-refractivity contribution is 7.15. The molecule has 2 rings (SSSR count). The molecule has 0 aliphatic rings. The molecular formula is C5H3N3O2S. The van der Waals surface area contributed by atoms with Gasteiger partial charge in [-0.2, -0.15) is 0 Å². The van der Waals surface area contributed by atoms with Crippen molar-refractivity contribution in [2.45, 2.75) is 0 Å². The summed E-state index contributed by atoms with van der Waals surface area (Å²) in [5, 5.41) is 7.50. The van der Waals surface area contributed by atoms with Crippen LogP contribution in [0, 0.1) is 0 Å². The van der Waals surface area contributed by atoms with Crippen molar-refractivity contribution in [3.63, 3.8) is 0 Å². The minimum atomic E-state index is -0.372. The molecule has 2 aromatic rings. The molecule has 11 heavy (non-hydrogen) atoms. The number of rotatable bonds is 1. The van der Waals surface area contributed by atoms with Crippen molar-refractivity contribution in [3.05, 3.63) is 21.6 Å². The second-order valence-electron chi connectivity index (χ2n) is 1.93. The summed E-state index contributed by atoms with van der Waals surface area (Å²) in [5.74, 6) is 0. The van der Waals surface area contributed by atoms with E-state index in [1.807, 2.05) is 0 Å². The zero-order chi connectivity index (χ0) is 7.84. The summed E-state index contributed by atoms with van der Waals surface area (Å²) in [7, 11) is 0. The maximum absolute atomic E-state index is 10.9. The Labute approximate surface area is 64.3 Å². The third-order valence-corrected chi connectivity index (χ3v) is 2.15. The molecule has 0 spiro atoms. The molecule has 0 fully saturated rings. The van der Waals surface area contributed by atoms with Crippen molar-refractivity contribution >= 4 is 22.6 Å². The number of carbonyl (C=O) groups excluding carboxylic acids is 1. The molecular weight excluding hydrogens is 166 g/mol. The molecule has 0 bridgehead atoms. The van der Waals surface area contributed by atoms with Gasteiger partial charge in [-0.3, -0.25) is 4.79 Å². The van der Waals surface area contributed by atoms with Crippen LogP contribution < -0.4 is 5.69 Å². The molecule has 56 valence electrons. The number of H-pyrrole nitrogens is 1. The van der Waals surface area contributed by atoms with Gasteiger partial charge in [-0.05, 0) is 0 Å². The first-order chi connectivity index (χ1) is 5.33. The van der Waals surface area contributed by atoms with E-state index in [1.165, 1.54) is 15.7 Å². The summed E-state index contributed by atoms with van der Waals surface area (Å²) in [6.07, 6.45) is 0.625. The highest BCUT2D eigenvalue weighted by atomic mass is 32.1. The number of nitrogens with zero attached hydrogens (tertiary/aromatic N) is 2. The summed E-state index contributed by atoms with van der Waals surface area (Å²) in [5.41, 5.74) is -0.0351. The second kappa shape index (κ2) is 2.03. The molecule has 2 heterocycles. The zero-order valence-electron chi connectivity index (χ0n) is 5.27. The molecule has 2 aromatic heterocycles. The van der Waals surface area contributed by atoms with E-state index in [0.717, 1.165) is 0 Å². The van der Waals surface area contributed by atoms with Crippen LogP contribution in [0.3, 0.4) is 0 Å². The highest BCUT2D eigenvalue weighted by Gasteiger charge is 2.05. The van der Waals surface area contributed by atoms with E-state index in [4.69, 9.17) is 0 Å². The zero-order valence-corrected chi connectivity index (χ0v) is 6.09. The first-order valence-electron chi connectivity index (χ1n) is 2.83. The number of nitrogens with one attached hydrogen (secondary N) is 1. The van der Waals surface area contributed by atoms with Gasteiger partial charge in [0.15, 0.2) is 6.29 Å². The predicted molar refractivity (Wildman–Crippen MR) is 39.1 cm³/mol. The molecule has 0 aliphatic heterocycles. The lowest BCUT2D eigenvalue weighted by Gasteiger charge is -1.79. The smallest absolute Gasteiger partial charge is 0.296 e. The molecule has 0 saturated heterocycles. The van der Waals surface area contributed by atoms with Crippen LogP contribution in [0.15, 0.2) is 10.2 Å². The van der Waals surface area contributed by atoms with Crippen molar-refractivity contribution in [1.82, 2.24) is 14.6 Å². The molecule has 0 aliphatic carbocycles. The first kappa shape index (κ1) is 6.29. The first-order valence-corrected chi connectivity index (χ1v) is 3.70. The number of fused-ring (bicyclic) bond motifs is 1. The van der Waals surface area contributed by atoms with Gasteiger partial charge in [0.25, 0.3) is 0 Å². The van der Waals surface area contributed by atoms with Crippen LogP contribution in [-0.2, 0) is 0 Å². The molecule has 0 amide bonds. The SMILES string of the molecule is O=Cc1csc2n[nH]c(=O)n12. The third kappa shape index (κ3) is 0.726. The van der Waals surface area contributed by atoms with Gasteiger partial charge >= 0.3 is 5.69 Å². The summed E-state index contributed by atoms with van der Waals surface area (Å²) < 4.78 is 1.23. The lowest BCUT2D eigenvalue weighted by atomic mass is 10.5. The molecule has 0 radical (unpaired) electrons. The molecule has 0 unspecified atom stereocenters. The van der Waals surface area contributed by atoms with Crippen molar-refractivity contribution in [2.75, 3.05) is 0 Å². The van der Waals surface area contributed by atoms with Crippen LogP contribution >= 0.6 is 11.3 Å². The van der Waals surface area contributed by atoms with E-state index >= 15 is 0 Å². The van der Waals surface area contributed by atoms with Crippen LogP contribution in [0.25, 0.3) is 4.96 Å². The van der Waals surface area contributed by atoms with Crippen molar-refractivity contribution in [1.29, 1.82) is 0 Å². The number of aromatic nitrogens is 3. The van der Waals surface area contributed by atoms with Crippen LogP contribution in [0.1, 0.15) is 10.5 Å².